The molecule has 1 saturated carbocycles. The van der Waals surface area contributed by atoms with E-state index in [-0.39, 0.29) is 5.70 Å². The number of hydrogen-bond acceptors (Lipinski definition) is 6. The number of fused-ring (bicyclic) bond motifs is 1. The maximum Gasteiger partial charge on any atom is 0.184 e. The highest BCUT2D eigenvalue weighted by atomic mass is 32.1. The van der Waals surface area contributed by atoms with Crippen LogP contribution in [0.15, 0.2) is 23.9 Å². The van der Waals surface area contributed by atoms with Gasteiger partial charge in [0.05, 0.1) is 15.2 Å². The van der Waals surface area contributed by atoms with Gasteiger partial charge in [-0.1, -0.05) is 0 Å². The third-order valence-corrected chi connectivity index (χ3v) is 5.60. The van der Waals surface area contributed by atoms with E-state index in [0.29, 0.717) is 11.7 Å². The fraction of sp³-hybridized carbons (Fsp3) is 0.471. The molecule has 0 saturated heterocycles. The molecule has 5 nitrogen and oxygen atoms in total. The van der Waals surface area contributed by atoms with Crippen LogP contribution >= 0.6 is 11.3 Å². The largest absolute Gasteiger partial charge is 0.477 e. The summed E-state index contributed by atoms with van der Waals surface area (Å²) in [6.07, 6.45) is 2.42. The predicted octanol–water partition coefficient (Wildman–Crippen LogP) is 2.76. The maximum absolute atomic E-state index is 11.0. The second-order valence-corrected chi connectivity index (χ2v) is 7.73. The van der Waals surface area contributed by atoms with Crippen LogP contribution in [-0.4, -0.2) is 27.2 Å². The van der Waals surface area contributed by atoms with E-state index in [2.05, 4.69) is 4.98 Å². The van der Waals surface area contributed by atoms with Gasteiger partial charge >= 0.3 is 0 Å². The van der Waals surface area contributed by atoms with Crippen LogP contribution < -0.4 is 10.5 Å². The van der Waals surface area contributed by atoms with Crippen LogP contribution in [0.25, 0.3) is 10.2 Å². The van der Waals surface area contributed by atoms with Crippen molar-refractivity contribution < 1.29 is 14.6 Å². The molecule has 1 aliphatic carbocycles. The molecule has 1 atom stereocenters. The van der Waals surface area contributed by atoms with Crippen molar-refractivity contribution in [2.75, 3.05) is 0 Å². The Morgan fingerprint density at radius 2 is 2.13 bits per heavy atom. The molecule has 1 unspecified atom stereocenters. The lowest BCUT2D eigenvalue weighted by atomic mass is 9.85. The van der Waals surface area contributed by atoms with Crippen LogP contribution in [0, 0.1) is 0 Å². The van der Waals surface area contributed by atoms with Gasteiger partial charge in [0.1, 0.15) is 23.0 Å². The van der Waals surface area contributed by atoms with E-state index >= 15 is 0 Å². The number of aliphatic hydroxyl groups is 1. The van der Waals surface area contributed by atoms with Crippen LogP contribution in [0.4, 0.5) is 0 Å². The number of rotatable bonds is 5. The van der Waals surface area contributed by atoms with Gasteiger partial charge in [-0.05, 0) is 51.8 Å². The first-order chi connectivity index (χ1) is 10.7. The molecule has 0 radical (unpaired) electrons. The summed E-state index contributed by atoms with van der Waals surface area (Å²) in [7, 11) is 0. The number of nitrogens with zero attached hydrogens (tertiary/aromatic N) is 1. The average Bonchev–Trinajstić information content (AvgIpc) is 3.25. The minimum absolute atomic E-state index is 0.173. The molecule has 6 heteroatoms. The van der Waals surface area contributed by atoms with Gasteiger partial charge in [0, 0.05) is 5.92 Å². The molecule has 0 bridgehead atoms. The van der Waals surface area contributed by atoms with Crippen molar-refractivity contribution in [2.45, 2.75) is 50.7 Å². The van der Waals surface area contributed by atoms with Gasteiger partial charge in [-0.2, -0.15) is 0 Å². The van der Waals surface area contributed by atoms with E-state index in [1.807, 2.05) is 12.1 Å². The smallest absolute Gasteiger partial charge is 0.184 e. The fourth-order valence-electron chi connectivity index (χ4n) is 2.33. The van der Waals surface area contributed by atoms with Crippen LogP contribution in [0.3, 0.4) is 0 Å². The average molecular weight is 332 g/mol. The van der Waals surface area contributed by atoms with Gasteiger partial charge < -0.3 is 15.6 Å². The second kappa shape index (κ2) is 5.34. The number of carbonyl (C=O) groups excluding carboxylic acids is 1. The number of thiazole rings is 1. The third kappa shape index (κ3) is 2.85. The highest BCUT2D eigenvalue weighted by Gasteiger charge is 2.45. The van der Waals surface area contributed by atoms with Crippen molar-refractivity contribution in [3.63, 3.8) is 0 Å². The molecule has 3 rings (SSSR count). The minimum Gasteiger partial charge on any atom is -0.477 e. The van der Waals surface area contributed by atoms with Crippen molar-refractivity contribution in [2.24, 2.45) is 5.73 Å². The van der Waals surface area contributed by atoms with Gasteiger partial charge in [-0.15, -0.1) is 11.3 Å². The Morgan fingerprint density at radius 1 is 1.43 bits per heavy atom. The molecule has 2 aromatic rings. The van der Waals surface area contributed by atoms with E-state index in [4.69, 9.17) is 10.5 Å². The van der Waals surface area contributed by atoms with Crippen molar-refractivity contribution in [3.05, 3.63) is 28.9 Å². The first kappa shape index (κ1) is 16.0. The van der Waals surface area contributed by atoms with Crippen molar-refractivity contribution in [1.29, 1.82) is 0 Å². The van der Waals surface area contributed by atoms with Crippen LogP contribution in [0.2, 0.25) is 0 Å². The summed E-state index contributed by atoms with van der Waals surface area (Å²) in [4.78, 5) is 15.6. The van der Waals surface area contributed by atoms with Crippen LogP contribution in [-0.2, 0) is 4.79 Å². The Kier molecular flexibility index (Phi) is 3.71. The number of ether oxygens (including phenoxy) is 1. The van der Waals surface area contributed by atoms with Crippen molar-refractivity contribution >= 4 is 27.5 Å². The zero-order chi connectivity index (χ0) is 16.8. The van der Waals surface area contributed by atoms with Gasteiger partial charge in [0.25, 0.3) is 0 Å². The van der Waals surface area contributed by atoms with E-state index in [1.165, 1.54) is 12.8 Å². The van der Waals surface area contributed by atoms with Gasteiger partial charge in [0.2, 0.25) is 0 Å². The van der Waals surface area contributed by atoms with Crippen molar-refractivity contribution in [1.82, 2.24) is 4.98 Å². The Hall–Kier alpha value is -1.88. The third-order valence-electron chi connectivity index (χ3n) is 4.42. The Balaban J connectivity index is 1.96. The summed E-state index contributed by atoms with van der Waals surface area (Å²) in [5.74, 6) is 2.78. The van der Waals surface area contributed by atoms with E-state index in [0.717, 1.165) is 15.2 Å². The molecule has 23 heavy (non-hydrogen) atoms. The highest BCUT2D eigenvalue weighted by molar-refractivity contribution is 7.18. The quantitative estimate of drug-likeness (QED) is 0.822. The summed E-state index contributed by atoms with van der Waals surface area (Å²) in [6.45, 7) is 4.68. The lowest BCUT2D eigenvalue weighted by Gasteiger charge is -2.39. The summed E-state index contributed by atoms with van der Waals surface area (Å²) >= 11 is 1.66. The Labute approximate surface area is 138 Å². The first-order valence-electron chi connectivity index (χ1n) is 7.57. The summed E-state index contributed by atoms with van der Waals surface area (Å²) in [6, 6.07) is 5.54. The number of nitrogens with two attached hydrogens (primary N) is 1. The highest BCUT2D eigenvalue weighted by Crippen LogP contribution is 2.44. The molecule has 122 valence electrons. The van der Waals surface area contributed by atoms with Gasteiger partial charge in [-0.25, -0.2) is 9.78 Å². The van der Waals surface area contributed by atoms with Gasteiger partial charge in [0.15, 0.2) is 5.60 Å². The van der Waals surface area contributed by atoms with E-state index in [9.17, 15) is 9.90 Å². The topological polar surface area (TPSA) is 85.4 Å². The molecule has 1 aromatic heterocycles. The molecule has 3 N–H and O–H groups in total. The summed E-state index contributed by atoms with van der Waals surface area (Å²) < 4.78 is 6.94. The standard InChI is InChI=1S/C17H20N2O3S/c1-16(2,21)17(3,14(18)9-20)22-11-6-7-12-13(8-11)23-15(19-12)10-4-5-10/h6-8,10,21H,4-5,18H2,1-3H3. The molecule has 1 aromatic carbocycles. The Bertz CT molecular complexity index is 798. The molecule has 0 amide bonds. The zero-order valence-electron chi connectivity index (χ0n) is 13.4. The molecule has 1 fully saturated rings. The predicted molar refractivity (Wildman–Crippen MR) is 90.3 cm³/mol. The lowest BCUT2D eigenvalue weighted by Crippen LogP contribution is -2.55. The second-order valence-electron chi connectivity index (χ2n) is 6.67. The number of benzene rings is 1. The molecule has 1 aliphatic rings. The van der Waals surface area contributed by atoms with Gasteiger partial charge in [-0.3, -0.25) is 0 Å². The SMILES string of the molecule is CC(C)(O)C(C)(Oc1ccc2nc(C3CC3)sc2c1)C(N)=C=O. The zero-order valence-corrected chi connectivity index (χ0v) is 14.2. The molecular formula is C17H20N2O3S. The first-order valence-corrected chi connectivity index (χ1v) is 8.39. The monoisotopic (exact) mass is 332 g/mol. The summed E-state index contributed by atoms with van der Waals surface area (Å²) in [5.41, 5.74) is 3.79. The van der Waals surface area contributed by atoms with E-state index in [1.54, 1.807) is 44.1 Å². The molecular weight excluding hydrogens is 312 g/mol. The molecule has 1 heterocycles. The number of hydrogen-bond donors (Lipinski definition) is 2. The van der Waals surface area contributed by atoms with E-state index < -0.39 is 11.2 Å². The lowest BCUT2D eigenvalue weighted by molar-refractivity contribution is -0.0791. The van der Waals surface area contributed by atoms with Crippen LogP contribution in [0.1, 0.15) is 44.5 Å². The molecule has 0 spiro atoms. The van der Waals surface area contributed by atoms with Crippen molar-refractivity contribution in [3.8, 4) is 5.75 Å². The minimum atomic E-state index is -1.37. The maximum atomic E-state index is 11.0. The van der Waals surface area contributed by atoms with Crippen LogP contribution in [0.5, 0.6) is 5.75 Å². The molecule has 0 aliphatic heterocycles. The normalized spacial score (nSPS) is 17.6. The summed E-state index contributed by atoms with van der Waals surface area (Å²) in [5, 5.41) is 11.5. The number of aromatic nitrogens is 1. The Morgan fingerprint density at radius 3 is 2.70 bits per heavy atom. The fourth-order valence-corrected chi connectivity index (χ4v) is 3.50.